The van der Waals surface area contributed by atoms with E-state index in [4.69, 9.17) is 5.73 Å². The molecular formula is C13H27N3O3S. The second-order valence-electron chi connectivity index (χ2n) is 5.41. The average Bonchev–Trinajstić information content (AvgIpc) is 2.45. The van der Waals surface area contributed by atoms with Crippen molar-refractivity contribution in [3.63, 3.8) is 0 Å². The maximum atomic E-state index is 12.0. The van der Waals surface area contributed by atoms with Crippen molar-refractivity contribution in [3.8, 4) is 0 Å². The number of hydrogen-bond donors (Lipinski definition) is 2. The van der Waals surface area contributed by atoms with Crippen LogP contribution in [0.3, 0.4) is 0 Å². The number of carbonyl (C=O) groups is 1. The van der Waals surface area contributed by atoms with Gasteiger partial charge in [-0.05, 0) is 39.2 Å². The number of hydrogen-bond acceptors (Lipinski definition) is 4. The zero-order valence-corrected chi connectivity index (χ0v) is 13.3. The highest BCUT2D eigenvalue weighted by Crippen LogP contribution is 2.15. The fourth-order valence-electron chi connectivity index (χ4n) is 2.36. The largest absolute Gasteiger partial charge is 0.353 e. The molecule has 0 spiro atoms. The van der Waals surface area contributed by atoms with Crippen LogP contribution in [-0.2, 0) is 14.8 Å². The molecule has 0 radical (unpaired) electrons. The fourth-order valence-corrected chi connectivity index (χ4v) is 3.49. The van der Waals surface area contributed by atoms with Crippen molar-refractivity contribution in [1.29, 1.82) is 0 Å². The van der Waals surface area contributed by atoms with Gasteiger partial charge in [0.15, 0.2) is 0 Å². The summed E-state index contributed by atoms with van der Waals surface area (Å²) in [7, 11) is -3.09. The van der Waals surface area contributed by atoms with E-state index >= 15 is 0 Å². The SMILES string of the molecule is CCS(=O)(=O)N1CCC(NC(=O)C(C)CCCN)CC1. The number of rotatable bonds is 7. The Morgan fingerprint density at radius 2 is 2.00 bits per heavy atom. The zero-order valence-electron chi connectivity index (χ0n) is 12.5. The van der Waals surface area contributed by atoms with Gasteiger partial charge in [-0.1, -0.05) is 6.92 Å². The van der Waals surface area contributed by atoms with Gasteiger partial charge < -0.3 is 11.1 Å². The van der Waals surface area contributed by atoms with E-state index < -0.39 is 10.0 Å². The van der Waals surface area contributed by atoms with Crippen LogP contribution in [0.25, 0.3) is 0 Å². The van der Waals surface area contributed by atoms with Crippen LogP contribution in [0.1, 0.15) is 39.5 Å². The summed E-state index contributed by atoms with van der Waals surface area (Å²) in [6, 6.07) is 0.0890. The molecule has 1 rings (SSSR count). The maximum absolute atomic E-state index is 12.0. The minimum atomic E-state index is -3.09. The van der Waals surface area contributed by atoms with E-state index in [1.165, 1.54) is 4.31 Å². The fraction of sp³-hybridized carbons (Fsp3) is 0.923. The molecule has 1 aliphatic rings. The standard InChI is InChI=1S/C13H27N3O3S/c1-3-20(18,19)16-9-6-12(7-10-16)15-13(17)11(2)5-4-8-14/h11-12H,3-10,14H2,1-2H3,(H,15,17). The molecule has 20 heavy (non-hydrogen) atoms. The zero-order chi connectivity index (χ0) is 15.2. The lowest BCUT2D eigenvalue weighted by Gasteiger charge is -2.31. The first-order chi connectivity index (χ1) is 9.40. The maximum Gasteiger partial charge on any atom is 0.223 e. The molecule has 3 N–H and O–H groups in total. The molecule has 7 heteroatoms. The van der Waals surface area contributed by atoms with Crippen LogP contribution in [0, 0.1) is 5.92 Å². The molecule has 1 amide bonds. The molecule has 0 aromatic heterocycles. The Kier molecular flexibility index (Phi) is 6.91. The molecule has 0 bridgehead atoms. The second-order valence-corrected chi connectivity index (χ2v) is 7.67. The van der Waals surface area contributed by atoms with Crippen molar-refractivity contribution in [2.24, 2.45) is 11.7 Å². The molecule has 1 aliphatic heterocycles. The first-order valence-corrected chi connectivity index (χ1v) is 9.00. The predicted molar refractivity (Wildman–Crippen MR) is 79.7 cm³/mol. The Morgan fingerprint density at radius 1 is 1.40 bits per heavy atom. The van der Waals surface area contributed by atoms with Crippen molar-refractivity contribution in [2.75, 3.05) is 25.4 Å². The molecule has 1 fully saturated rings. The molecule has 6 nitrogen and oxygen atoms in total. The summed E-state index contributed by atoms with van der Waals surface area (Å²) >= 11 is 0. The Bertz CT molecular complexity index is 403. The van der Waals surface area contributed by atoms with Crippen LogP contribution < -0.4 is 11.1 Å². The first kappa shape index (κ1) is 17.4. The lowest BCUT2D eigenvalue weighted by molar-refractivity contribution is -0.125. The van der Waals surface area contributed by atoms with Gasteiger partial charge in [0.25, 0.3) is 0 Å². The number of carbonyl (C=O) groups excluding carboxylic acids is 1. The molecule has 1 unspecified atom stereocenters. The smallest absolute Gasteiger partial charge is 0.223 e. The highest BCUT2D eigenvalue weighted by Gasteiger charge is 2.28. The minimum Gasteiger partial charge on any atom is -0.353 e. The van der Waals surface area contributed by atoms with Gasteiger partial charge in [-0.25, -0.2) is 12.7 Å². The Morgan fingerprint density at radius 3 is 2.50 bits per heavy atom. The predicted octanol–water partition coefficient (Wildman–Crippen LogP) is 0.292. The summed E-state index contributed by atoms with van der Waals surface area (Å²) < 4.78 is 25.0. The van der Waals surface area contributed by atoms with Crippen molar-refractivity contribution in [3.05, 3.63) is 0 Å². The van der Waals surface area contributed by atoms with Gasteiger partial charge in [0.05, 0.1) is 5.75 Å². The molecular weight excluding hydrogens is 278 g/mol. The third kappa shape index (κ3) is 5.03. The lowest BCUT2D eigenvalue weighted by atomic mass is 10.0. The summed E-state index contributed by atoms with van der Waals surface area (Å²) in [4.78, 5) is 12.0. The van der Waals surface area contributed by atoms with Gasteiger partial charge in [0.1, 0.15) is 0 Å². The van der Waals surface area contributed by atoms with Crippen molar-refractivity contribution >= 4 is 15.9 Å². The van der Waals surface area contributed by atoms with Gasteiger partial charge in [-0.15, -0.1) is 0 Å². The van der Waals surface area contributed by atoms with Crippen LogP contribution in [0.4, 0.5) is 0 Å². The van der Waals surface area contributed by atoms with Gasteiger partial charge in [0.2, 0.25) is 15.9 Å². The topological polar surface area (TPSA) is 92.5 Å². The van der Waals surface area contributed by atoms with Crippen LogP contribution >= 0.6 is 0 Å². The normalized spacial score (nSPS) is 19.8. The van der Waals surface area contributed by atoms with E-state index in [1.807, 2.05) is 6.92 Å². The van der Waals surface area contributed by atoms with Gasteiger partial charge >= 0.3 is 0 Å². The van der Waals surface area contributed by atoms with Gasteiger partial charge in [-0.3, -0.25) is 4.79 Å². The molecule has 0 aromatic rings. The van der Waals surface area contributed by atoms with E-state index in [0.29, 0.717) is 32.5 Å². The van der Waals surface area contributed by atoms with Gasteiger partial charge in [0, 0.05) is 25.0 Å². The number of nitrogens with one attached hydrogen (secondary N) is 1. The van der Waals surface area contributed by atoms with Crippen LogP contribution in [-0.4, -0.2) is 50.1 Å². The van der Waals surface area contributed by atoms with Crippen LogP contribution in [0.15, 0.2) is 0 Å². The summed E-state index contributed by atoms with van der Waals surface area (Å²) in [6.45, 7) is 5.16. The number of amides is 1. The Hall–Kier alpha value is -0.660. The number of nitrogens with two attached hydrogens (primary N) is 1. The summed E-state index contributed by atoms with van der Waals surface area (Å²) in [6.07, 6.45) is 3.02. The molecule has 118 valence electrons. The minimum absolute atomic E-state index is 0.0315. The third-order valence-electron chi connectivity index (χ3n) is 3.85. The number of piperidine rings is 1. The van der Waals surface area contributed by atoms with Crippen molar-refractivity contribution in [1.82, 2.24) is 9.62 Å². The Balaban J connectivity index is 2.37. The summed E-state index contributed by atoms with van der Waals surface area (Å²) in [5.74, 6) is 0.159. The highest BCUT2D eigenvalue weighted by atomic mass is 32.2. The van der Waals surface area contributed by atoms with Crippen molar-refractivity contribution in [2.45, 2.75) is 45.6 Å². The summed E-state index contributed by atoms with van der Waals surface area (Å²) in [5, 5.41) is 3.02. The molecule has 0 aliphatic carbocycles. The van der Waals surface area contributed by atoms with Gasteiger partial charge in [-0.2, -0.15) is 0 Å². The number of nitrogens with zero attached hydrogens (tertiary/aromatic N) is 1. The second kappa shape index (κ2) is 7.95. The molecule has 0 saturated carbocycles. The quantitative estimate of drug-likeness (QED) is 0.707. The molecule has 1 heterocycles. The molecule has 1 saturated heterocycles. The Labute approximate surface area is 122 Å². The van der Waals surface area contributed by atoms with Crippen LogP contribution in [0.2, 0.25) is 0 Å². The van der Waals surface area contributed by atoms with E-state index in [0.717, 1.165) is 12.8 Å². The van der Waals surface area contributed by atoms with E-state index in [-0.39, 0.29) is 23.6 Å². The third-order valence-corrected chi connectivity index (χ3v) is 5.73. The number of sulfonamides is 1. The first-order valence-electron chi connectivity index (χ1n) is 7.39. The highest BCUT2D eigenvalue weighted by molar-refractivity contribution is 7.89. The average molecular weight is 305 g/mol. The monoisotopic (exact) mass is 305 g/mol. The summed E-state index contributed by atoms with van der Waals surface area (Å²) in [5.41, 5.74) is 5.44. The molecule has 0 aromatic carbocycles. The molecule has 1 atom stereocenters. The van der Waals surface area contributed by atoms with Crippen LogP contribution in [0.5, 0.6) is 0 Å². The lowest BCUT2D eigenvalue weighted by Crippen LogP contribution is -2.47. The van der Waals surface area contributed by atoms with E-state index in [2.05, 4.69) is 5.32 Å². The van der Waals surface area contributed by atoms with Crippen molar-refractivity contribution < 1.29 is 13.2 Å². The van der Waals surface area contributed by atoms with E-state index in [9.17, 15) is 13.2 Å². The van der Waals surface area contributed by atoms with E-state index in [1.54, 1.807) is 6.92 Å².